The van der Waals surface area contributed by atoms with E-state index in [2.05, 4.69) is 0 Å². The number of nitrogens with zero attached hydrogens (tertiary/aromatic N) is 1. The van der Waals surface area contributed by atoms with Crippen LogP contribution in [-0.2, 0) is 0 Å². The molecule has 25 heavy (non-hydrogen) atoms. The molecule has 1 N–H and O–H groups in total. The summed E-state index contributed by atoms with van der Waals surface area (Å²) in [6.07, 6.45) is 1.37. The van der Waals surface area contributed by atoms with Crippen molar-refractivity contribution in [2.75, 3.05) is 13.2 Å². The predicted molar refractivity (Wildman–Crippen MR) is 98.8 cm³/mol. The van der Waals surface area contributed by atoms with E-state index in [1.165, 1.54) is 4.90 Å². The molecule has 1 aliphatic rings. The molecule has 1 amide bonds. The standard InChI is InChI=1S/C20H31NO4/c1-7-24-16-11-15(13(3)21(19(22)23)20(4,5)6)12-17(25-8-2)18(16)14-9-10-14/h11-14H,7-10H2,1-6H3,(H,22,23). The van der Waals surface area contributed by atoms with Crippen LogP contribution >= 0.6 is 0 Å². The summed E-state index contributed by atoms with van der Waals surface area (Å²) in [5, 5.41) is 9.70. The average molecular weight is 349 g/mol. The van der Waals surface area contributed by atoms with Gasteiger partial charge in [-0.15, -0.1) is 0 Å². The minimum absolute atomic E-state index is 0.302. The molecule has 0 aromatic heterocycles. The molecule has 1 atom stereocenters. The van der Waals surface area contributed by atoms with Crippen LogP contribution in [0.15, 0.2) is 12.1 Å². The fourth-order valence-electron chi connectivity index (χ4n) is 3.37. The zero-order valence-corrected chi connectivity index (χ0v) is 16.3. The Hall–Kier alpha value is -1.91. The predicted octanol–water partition coefficient (Wildman–Crippen LogP) is 5.20. The lowest BCUT2D eigenvalue weighted by molar-refractivity contribution is 0.0751. The lowest BCUT2D eigenvalue weighted by Gasteiger charge is -2.38. The Labute approximate surface area is 150 Å². The van der Waals surface area contributed by atoms with Crippen LogP contribution in [0.5, 0.6) is 11.5 Å². The Balaban J connectivity index is 2.51. The lowest BCUT2D eigenvalue weighted by atomic mass is 9.96. The zero-order valence-electron chi connectivity index (χ0n) is 16.3. The number of hydrogen-bond donors (Lipinski definition) is 1. The molecule has 1 saturated carbocycles. The van der Waals surface area contributed by atoms with E-state index in [0.717, 1.165) is 35.5 Å². The molecule has 0 bridgehead atoms. The van der Waals surface area contributed by atoms with Gasteiger partial charge in [-0.25, -0.2) is 4.79 Å². The second kappa shape index (κ2) is 7.54. The molecule has 5 heteroatoms. The van der Waals surface area contributed by atoms with E-state index in [0.29, 0.717) is 19.1 Å². The number of hydrogen-bond acceptors (Lipinski definition) is 3. The molecule has 0 radical (unpaired) electrons. The summed E-state index contributed by atoms with van der Waals surface area (Å²) >= 11 is 0. The quantitative estimate of drug-likeness (QED) is 0.735. The Bertz CT molecular complexity index is 590. The molecule has 1 aliphatic carbocycles. The van der Waals surface area contributed by atoms with Crippen LogP contribution in [0.4, 0.5) is 4.79 Å². The van der Waals surface area contributed by atoms with Gasteiger partial charge in [-0.3, -0.25) is 4.90 Å². The highest BCUT2D eigenvalue weighted by Crippen LogP contribution is 2.50. The van der Waals surface area contributed by atoms with Crippen LogP contribution in [0.1, 0.15) is 77.5 Å². The van der Waals surface area contributed by atoms with E-state index < -0.39 is 11.6 Å². The summed E-state index contributed by atoms with van der Waals surface area (Å²) in [5.41, 5.74) is 1.53. The van der Waals surface area contributed by atoms with Gasteiger partial charge >= 0.3 is 6.09 Å². The second-order valence-electron chi connectivity index (χ2n) is 7.57. The topological polar surface area (TPSA) is 59.0 Å². The first-order valence-electron chi connectivity index (χ1n) is 9.16. The average Bonchev–Trinajstić information content (AvgIpc) is 3.30. The SMILES string of the molecule is CCOc1cc(C(C)N(C(=O)O)C(C)(C)C)cc(OCC)c1C1CC1. The van der Waals surface area contributed by atoms with Crippen molar-refractivity contribution in [2.24, 2.45) is 0 Å². The maximum atomic E-state index is 11.8. The summed E-state index contributed by atoms with van der Waals surface area (Å²) in [7, 11) is 0. The van der Waals surface area contributed by atoms with Gasteiger partial charge in [-0.2, -0.15) is 0 Å². The van der Waals surface area contributed by atoms with Crippen LogP contribution in [0.2, 0.25) is 0 Å². The molecule has 2 rings (SSSR count). The van der Waals surface area contributed by atoms with E-state index in [1.807, 2.05) is 53.7 Å². The van der Waals surface area contributed by atoms with Crippen molar-refractivity contribution in [3.63, 3.8) is 0 Å². The van der Waals surface area contributed by atoms with Crippen molar-refractivity contribution < 1.29 is 19.4 Å². The molecule has 0 saturated heterocycles. The molecule has 1 unspecified atom stereocenters. The van der Waals surface area contributed by atoms with Crippen molar-refractivity contribution in [3.05, 3.63) is 23.3 Å². The maximum Gasteiger partial charge on any atom is 0.408 e. The number of rotatable bonds is 7. The molecule has 140 valence electrons. The Morgan fingerprint density at radius 3 is 2.00 bits per heavy atom. The van der Waals surface area contributed by atoms with Gasteiger partial charge in [0.2, 0.25) is 0 Å². The molecular formula is C20H31NO4. The molecular weight excluding hydrogens is 318 g/mol. The van der Waals surface area contributed by atoms with Gasteiger partial charge in [-0.1, -0.05) is 0 Å². The van der Waals surface area contributed by atoms with Crippen molar-refractivity contribution in [1.82, 2.24) is 4.90 Å². The van der Waals surface area contributed by atoms with Gasteiger partial charge in [0.25, 0.3) is 0 Å². The normalized spacial score (nSPS) is 15.6. The van der Waals surface area contributed by atoms with E-state index in [-0.39, 0.29) is 6.04 Å². The fourth-order valence-corrected chi connectivity index (χ4v) is 3.37. The van der Waals surface area contributed by atoms with E-state index in [1.54, 1.807) is 0 Å². The highest BCUT2D eigenvalue weighted by atomic mass is 16.5. The van der Waals surface area contributed by atoms with Gasteiger partial charge in [0.15, 0.2) is 0 Å². The van der Waals surface area contributed by atoms with Crippen LogP contribution in [-0.4, -0.2) is 34.9 Å². The minimum atomic E-state index is -0.929. The van der Waals surface area contributed by atoms with Gasteiger partial charge < -0.3 is 14.6 Å². The first-order chi connectivity index (χ1) is 11.7. The van der Waals surface area contributed by atoms with Gasteiger partial charge in [0, 0.05) is 11.1 Å². The van der Waals surface area contributed by atoms with Crippen molar-refractivity contribution in [3.8, 4) is 11.5 Å². The first-order valence-corrected chi connectivity index (χ1v) is 9.16. The zero-order chi connectivity index (χ0) is 18.8. The summed E-state index contributed by atoms with van der Waals surface area (Å²) in [5.74, 6) is 2.15. The monoisotopic (exact) mass is 349 g/mol. The Morgan fingerprint density at radius 1 is 1.20 bits per heavy atom. The van der Waals surface area contributed by atoms with E-state index >= 15 is 0 Å². The second-order valence-corrected chi connectivity index (χ2v) is 7.57. The summed E-state index contributed by atoms with van der Waals surface area (Å²) in [6.45, 7) is 12.7. The summed E-state index contributed by atoms with van der Waals surface area (Å²) in [6, 6.07) is 3.68. The van der Waals surface area contributed by atoms with Crippen LogP contribution in [0.25, 0.3) is 0 Å². The van der Waals surface area contributed by atoms with E-state index in [4.69, 9.17) is 9.47 Å². The van der Waals surface area contributed by atoms with Crippen molar-refractivity contribution >= 4 is 6.09 Å². The third-order valence-electron chi connectivity index (χ3n) is 4.51. The maximum absolute atomic E-state index is 11.8. The molecule has 0 heterocycles. The Kier molecular flexibility index (Phi) is 5.86. The molecule has 0 spiro atoms. The molecule has 1 aromatic rings. The third kappa shape index (κ3) is 4.39. The van der Waals surface area contributed by atoms with Crippen LogP contribution in [0, 0.1) is 0 Å². The third-order valence-corrected chi connectivity index (χ3v) is 4.51. The van der Waals surface area contributed by atoms with Gasteiger partial charge in [0.1, 0.15) is 11.5 Å². The summed E-state index contributed by atoms with van der Waals surface area (Å²) in [4.78, 5) is 13.3. The number of carboxylic acid groups (broad SMARTS) is 1. The molecule has 5 nitrogen and oxygen atoms in total. The first kappa shape index (κ1) is 19.4. The number of amides is 1. The van der Waals surface area contributed by atoms with Crippen molar-refractivity contribution in [2.45, 2.75) is 71.9 Å². The van der Waals surface area contributed by atoms with E-state index in [9.17, 15) is 9.90 Å². The molecule has 1 fully saturated rings. The largest absolute Gasteiger partial charge is 0.493 e. The van der Waals surface area contributed by atoms with Crippen LogP contribution in [0.3, 0.4) is 0 Å². The molecule has 1 aromatic carbocycles. The Morgan fingerprint density at radius 2 is 1.68 bits per heavy atom. The highest BCUT2D eigenvalue weighted by Gasteiger charge is 2.35. The van der Waals surface area contributed by atoms with Crippen molar-refractivity contribution in [1.29, 1.82) is 0 Å². The highest BCUT2D eigenvalue weighted by molar-refractivity contribution is 5.67. The number of benzene rings is 1. The smallest absolute Gasteiger partial charge is 0.408 e. The lowest BCUT2D eigenvalue weighted by Crippen LogP contribution is -2.46. The number of ether oxygens (including phenoxy) is 2. The van der Waals surface area contributed by atoms with Crippen LogP contribution < -0.4 is 9.47 Å². The van der Waals surface area contributed by atoms with Gasteiger partial charge in [-0.05, 0) is 78.0 Å². The van der Waals surface area contributed by atoms with Gasteiger partial charge in [0.05, 0.1) is 19.3 Å². The minimum Gasteiger partial charge on any atom is -0.493 e. The fraction of sp³-hybridized carbons (Fsp3) is 0.650. The number of carbonyl (C=O) groups is 1. The summed E-state index contributed by atoms with van der Waals surface area (Å²) < 4.78 is 11.8. The molecule has 0 aliphatic heterocycles.